The SMILES string of the molecule is CCCNc1ncnc(NC(C)(C)COC)c1[N+](=O)[O-]. The Hall–Kier alpha value is -1.96. The lowest BCUT2D eigenvalue weighted by atomic mass is 10.1. The Morgan fingerprint density at radius 2 is 2.05 bits per heavy atom. The number of hydrogen-bond donors (Lipinski definition) is 2. The van der Waals surface area contributed by atoms with E-state index in [-0.39, 0.29) is 17.3 Å². The van der Waals surface area contributed by atoms with Gasteiger partial charge in [0.25, 0.3) is 0 Å². The monoisotopic (exact) mass is 283 g/mol. The number of nitro groups is 1. The molecule has 0 saturated carbocycles. The van der Waals surface area contributed by atoms with Crippen molar-refractivity contribution in [3.05, 3.63) is 16.4 Å². The maximum Gasteiger partial charge on any atom is 0.353 e. The third-order valence-corrected chi connectivity index (χ3v) is 2.51. The van der Waals surface area contributed by atoms with E-state index in [1.165, 1.54) is 6.33 Å². The Balaban J connectivity index is 3.09. The van der Waals surface area contributed by atoms with Crippen LogP contribution in [0.3, 0.4) is 0 Å². The molecule has 0 spiro atoms. The molecular formula is C12H21N5O3. The van der Waals surface area contributed by atoms with Crippen LogP contribution in [0.1, 0.15) is 27.2 Å². The first-order valence-corrected chi connectivity index (χ1v) is 6.41. The number of aromatic nitrogens is 2. The van der Waals surface area contributed by atoms with Gasteiger partial charge in [0.2, 0.25) is 11.6 Å². The molecule has 1 aromatic heterocycles. The Labute approximate surface area is 118 Å². The average molecular weight is 283 g/mol. The molecule has 1 rings (SSSR count). The highest BCUT2D eigenvalue weighted by Crippen LogP contribution is 2.30. The fourth-order valence-electron chi connectivity index (χ4n) is 1.73. The first kappa shape index (κ1) is 16.1. The summed E-state index contributed by atoms with van der Waals surface area (Å²) in [7, 11) is 1.58. The lowest BCUT2D eigenvalue weighted by molar-refractivity contribution is -0.383. The lowest BCUT2D eigenvalue weighted by Gasteiger charge is -2.25. The highest BCUT2D eigenvalue weighted by Gasteiger charge is 2.27. The molecule has 0 unspecified atom stereocenters. The minimum atomic E-state index is -0.483. The van der Waals surface area contributed by atoms with Crippen LogP contribution in [-0.4, -0.2) is 40.7 Å². The Morgan fingerprint density at radius 1 is 1.40 bits per heavy atom. The summed E-state index contributed by atoms with van der Waals surface area (Å²) < 4.78 is 5.08. The molecule has 20 heavy (non-hydrogen) atoms. The topological polar surface area (TPSA) is 102 Å². The van der Waals surface area contributed by atoms with Crippen molar-refractivity contribution >= 4 is 17.3 Å². The Morgan fingerprint density at radius 3 is 2.60 bits per heavy atom. The highest BCUT2D eigenvalue weighted by atomic mass is 16.6. The largest absolute Gasteiger partial charge is 0.382 e. The van der Waals surface area contributed by atoms with E-state index in [1.807, 2.05) is 20.8 Å². The number of methoxy groups -OCH3 is 1. The van der Waals surface area contributed by atoms with E-state index in [1.54, 1.807) is 7.11 Å². The predicted molar refractivity (Wildman–Crippen MR) is 77.0 cm³/mol. The fourth-order valence-corrected chi connectivity index (χ4v) is 1.73. The molecule has 0 atom stereocenters. The molecule has 1 aromatic rings. The van der Waals surface area contributed by atoms with Crippen LogP contribution >= 0.6 is 0 Å². The van der Waals surface area contributed by atoms with Gasteiger partial charge in [-0.05, 0) is 20.3 Å². The van der Waals surface area contributed by atoms with Crippen LogP contribution in [0.5, 0.6) is 0 Å². The van der Waals surface area contributed by atoms with Gasteiger partial charge >= 0.3 is 5.69 Å². The van der Waals surface area contributed by atoms with Crippen molar-refractivity contribution < 1.29 is 9.66 Å². The van der Waals surface area contributed by atoms with Crippen molar-refractivity contribution in [3.63, 3.8) is 0 Å². The van der Waals surface area contributed by atoms with Crippen LogP contribution < -0.4 is 10.6 Å². The highest BCUT2D eigenvalue weighted by molar-refractivity contribution is 5.69. The molecule has 0 aliphatic heterocycles. The maximum atomic E-state index is 11.3. The van der Waals surface area contributed by atoms with Gasteiger partial charge in [0.15, 0.2) is 0 Å². The standard InChI is InChI=1S/C12H21N5O3/c1-5-6-13-10-9(17(18)19)11(15-8-14-10)16-12(2,3)7-20-4/h8H,5-7H2,1-4H3,(H2,13,14,15,16). The fraction of sp³-hybridized carbons (Fsp3) is 0.667. The quantitative estimate of drug-likeness (QED) is 0.556. The maximum absolute atomic E-state index is 11.3. The molecule has 0 aromatic carbocycles. The molecule has 0 aliphatic rings. The number of nitrogens with zero attached hydrogens (tertiary/aromatic N) is 3. The molecule has 1 heterocycles. The zero-order chi connectivity index (χ0) is 15.2. The van der Waals surface area contributed by atoms with Crippen molar-refractivity contribution in [1.29, 1.82) is 0 Å². The minimum Gasteiger partial charge on any atom is -0.382 e. The third-order valence-electron chi connectivity index (χ3n) is 2.51. The molecule has 8 nitrogen and oxygen atoms in total. The first-order chi connectivity index (χ1) is 9.41. The molecular weight excluding hydrogens is 262 g/mol. The van der Waals surface area contributed by atoms with E-state index in [0.29, 0.717) is 13.2 Å². The number of rotatable bonds is 8. The molecule has 2 N–H and O–H groups in total. The summed E-state index contributed by atoms with van der Waals surface area (Å²) in [5, 5.41) is 17.2. The van der Waals surface area contributed by atoms with Crippen molar-refractivity contribution in [2.24, 2.45) is 0 Å². The van der Waals surface area contributed by atoms with Gasteiger partial charge in [0.05, 0.1) is 17.1 Å². The Bertz CT molecular complexity index is 464. The van der Waals surface area contributed by atoms with Gasteiger partial charge in [-0.15, -0.1) is 0 Å². The molecule has 0 aliphatic carbocycles. The number of ether oxygens (including phenoxy) is 1. The van der Waals surface area contributed by atoms with Crippen LogP contribution in [0.4, 0.5) is 17.3 Å². The summed E-state index contributed by atoms with van der Waals surface area (Å²) in [6.07, 6.45) is 2.15. The van der Waals surface area contributed by atoms with Crippen LogP contribution in [0.2, 0.25) is 0 Å². The molecule has 0 saturated heterocycles. The van der Waals surface area contributed by atoms with Gasteiger partial charge in [-0.25, -0.2) is 9.97 Å². The smallest absolute Gasteiger partial charge is 0.353 e. The summed E-state index contributed by atoms with van der Waals surface area (Å²) in [4.78, 5) is 18.7. The zero-order valence-corrected chi connectivity index (χ0v) is 12.3. The van der Waals surface area contributed by atoms with Gasteiger partial charge in [0, 0.05) is 13.7 Å². The van der Waals surface area contributed by atoms with E-state index in [2.05, 4.69) is 20.6 Å². The van der Waals surface area contributed by atoms with Gasteiger partial charge in [0.1, 0.15) is 6.33 Å². The summed E-state index contributed by atoms with van der Waals surface area (Å²) in [5.41, 5.74) is -0.624. The average Bonchev–Trinajstić information content (AvgIpc) is 2.35. The Kier molecular flexibility index (Phi) is 5.63. The molecule has 8 heteroatoms. The number of nitrogens with one attached hydrogen (secondary N) is 2. The van der Waals surface area contributed by atoms with Crippen molar-refractivity contribution in [2.45, 2.75) is 32.7 Å². The van der Waals surface area contributed by atoms with Crippen molar-refractivity contribution in [3.8, 4) is 0 Å². The van der Waals surface area contributed by atoms with Crippen LogP contribution in [0.15, 0.2) is 6.33 Å². The van der Waals surface area contributed by atoms with Gasteiger partial charge in [-0.2, -0.15) is 0 Å². The van der Waals surface area contributed by atoms with Gasteiger partial charge in [-0.3, -0.25) is 10.1 Å². The molecule has 0 radical (unpaired) electrons. The summed E-state index contributed by atoms with van der Waals surface area (Å²) in [6, 6.07) is 0. The summed E-state index contributed by atoms with van der Waals surface area (Å²) >= 11 is 0. The van der Waals surface area contributed by atoms with E-state index in [9.17, 15) is 10.1 Å². The number of anilines is 2. The lowest BCUT2D eigenvalue weighted by Crippen LogP contribution is -2.36. The van der Waals surface area contributed by atoms with Gasteiger partial charge < -0.3 is 15.4 Å². The summed E-state index contributed by atoms with van der Waals surface area (Å²) in [6.45, 7) is 6.73. The molecule has 0 bridgehead atoms. The van der Waals surface area contributed by atoms with E-state index >= 15 is 0 Å². The molecule has 112 valence electrons. The second kappa shape index (κ2) is 6.99. The predicted octanol–water partition coefficient (Wildman–Crippen LogP) is 2.04. The minimum absolute atomic E-state index is 0.148. The van der Waals surface area contributed by atoms with Crippen LogP contribution in [0.25, 0.3) is 0 Å². The summed E-state index contributed by atoms with van der Waals surface area (Å²) in [5.74, 6) is 0.410. The van der Waals surface area contributed by atoms with E-state index in [0.717, 1.165) is 6.42 Å². The number of hydrogen-bond acceptors (Lipinski definition) is 7. The second-order valence-corrected chi connectivity index (χ2v) is 5.05. The van der Waals surface area contributed by atoms with E-state index in [4.69, 9.17) is 4.74 Å². The molecule has 0 fully saturated rings. The zero-order valence-electron chi connectivity index (χ0n) is 12.3. The third kappa shape index (κ3) is 4.30. The van der Waals surface area contributed by atoms with Crippen molar-refractivity contribution in [2.75, 3.05) is 30.9 Å². The first-order valence-electron chi connectivity index (χ1n) is 6.41. The van der Waals surface area contributed by atoms with Gasteiger partial charge in [-0.1, -0.05) is 6.92 Å². The van der Waals surface area contributed by atoms with Crippen LogP contribution in [-0.2, 0) is 4.74 Å². The second-order valence-electron chi connectivity index (χ2n) is 5.05. The van der Waals surface area contributed by atoms with Crippen molar-refractivity contribution in [1.82, 2.24) is 9.97 Å². The molecule has 0 amide bonds. The van der Waals surface area contributed by atoms with E-state index < -0.39 is 10.5 Å². The normalized spacial score (nSPS) is 11.2. The van der Waals surface area contributed by atoms with Crippen LogP contribution in [0, 0.1) is 10.1 Å².